The maximum absolute atomic E-state index is 5.19. The molecule has 0 N–H and O–H groups in total. The monoisotopic (exact) mass is 513 g/mol. The third-order valence-electron chi connectivity index (χ3n) is 8.40. The van der Waals surface area contributed by atoms with Crippen molar-refractivity contribution in [1.82, 2.24) is 14.5 Å². The van der Waals surface area contributed by atoms with Crippen LogP contribution in [0.15, 0.2) is 127 Å². The summed E-state index contributed by atoms with van der Waals surface area (Å²) >= 11 is 0. The number of benzene rings is 5. The molecule has 0 radical (unpaired) electrons. The number of hydrogen-bond donors (Lipinski definition) is 0. The van der Waals surface area contributed by atoms with Gasteiger partial charge in [0.15, 0.2) is 5.82 Å². The third kappa shape index (κ3) is 3.24. The van der Waals surface area contributed by atoms with E-state index in [1.165, 1.54) is 33.0 Å². The molecule has 0 bridgehead atoms. The summed E-state index contributed by atoms with van der Waals surface area (Å²) in [7, 11) is 0. The van der Waals surface area contributed by atoms with E-state index in [0.29, 0.717) is 0 Å². The van der Waals surface area contributed by atoms with Gasteiger partial charge in [0.1, 0.15) is 5.82 Å². The van der Waals surface area contributed by atoms with E-state index in [4.69, 9.17) is 9.97 Å². The van der Waals surface area contributed by atoms with Gasteiger partial charge in [0.25, 0.3) is 0 Å². The molecular formula is C37H27N3. The Morgan fingerprint density at radius 3 is 2.05 bits per heavy atom. The van der Waals surface area contributed by atoms with Gasteiger partial charge in [0.05, 0.1) is 16.7 Å². The second-order valence-electron chi connectivity index (χ2n) is 11.1. The average molecular weight is 514 g/mol. The molecule has 40 heavy (non-hydrogen) atoms. The van der Waals surface area contributed by atoms with E-state index < -0.39 is 0 Å². The van der Waals surface area contributed by atoms with Gasteiger partial charge in [-0.05, 0) is 34.4 Å². The fourth-order valence-electron chi connectivity index (χ4n) is 6.60. The van der Waals surface area contributed by atoms with Crippen LogP contribution in [0.5, 0.6) is 0 Å². The van der Waals surface area contributed by atoms with E-state index >= 15 is 0 Å². The summed E-state index contributed by atoms with van der Waals surface area (Å²) in [6.45, 7) is 4.71. The van der Waals surface area contributed by atoms with Crippen molar-refractivity contribution in [3.63, 3.8) is 0 Å². The normalized spacial score (nSPS) is 13.4. The summed E-state index contributed by atoms with van der Waals surface area (Å²) in [5, 5.41) is 2.55. The average Bonchev–Trinajstić information content (AvgIpc) is 3.47. The van der Waals surface area contributed by atoms with Crippen LogP contribution in [0, 0.1) is 0 Å². The van der Waals surface area contributed by atoms with Crippen molar-refractivity contribution in [2.45, 2.75) is 19.3 Å². The van der Waals surface area contributed by atoms with Crippen molar-refractivity contribution < 1.29 is 0 Å². The van der Waals surface area contributed by atoms with E-state index in [-0.39, 0.29) is 5.41 Å². The fraction of sp³-hybridized carbons (Fsp3) is 0.0811. The first-order chi connectivity index (χ1) is 19.6. The Morgan fingerprint density at radius 1 is 0.575 bits per heavy atom. The first-order valence-electron chi connectivity index (χ1n) is 13.8. The summed E-state index contributed by atoms with van der Waals surface area (Å²) in [6, 6.07) is 44.9. The van der Waals surface area contributed by atoms with Crippen molar-refractivity contribution >= 4 is 21.8 Å². The van der Waals surface area contributed by atoms with Crippen molar-refractivity contribution in [3.05, 3.63) is 139 Å². The first-order valence-corrected chi connectivity index (χ1v) is 13.8. The molecule has 1 aliphatic rings. The van der Waals surface area contributed by atoms with E-state index in [9.17, 15) is 0 Å². The Morgan fingerprint density at radius 2 is 1.25 bits per heavy atom. The maximum Gasteiger partial charge on any atom is 0.162 e. The van der Waals surface area contributed by atoms with Crippen molar-refractivity contribution in [1.29, 1.82) is 0 Å². The summed E-state index contributed by atoms with van der Waals surface area (Å²) in [4.78, 5) is 10.2. The minimum atomic E-state index is -0.115. The summed E-state index contributed by atoms with van der Waals surface area (Å²) in [5.41, 5.74) is 10.6. The van der Waals surface area contributed by atoms with Crippen LogP contribution in [0.2, 0.25) is 0 Å². The number of para-hydroxylation sites is 1. The molecule has 0 amide bonds. The summed E-state index contributed by atoms with van der Waals surface area (Å²) in [5.74, 6) is 1.59. The topological polar surface area (TPSA) is 30.7 Å². The number of rotatable bonds is 3. The molecule has 0 saturated carbocycles. The minimum Gasteiger partial charge on any atom is -0.294 e. The molecule has 0 saturated heterocycles. The Hall–Kier alpha value is -5.02. The molecule has 3 nitrogen and oxygen atoms in total. The van der Waals surface area contributed by atoms with Gasteiger partial charge >= 0.3 is 0 Å². The molecule has 190 valence electrons. The van der Waals surface area contributed by atoms with E-state index in [0.717, 1.165) is 39.5 Å². The predicted octanol–water partition coefficient (Wildman–Crippen LogP) is 9.21. The smallest absolute Gasteiger partial charge is 0.162 e. The number of aromatic nitrogens is 3. The minimum absolute atomic E-state index is 0.115. The van der Waals surface area contributed by atoms with Crippen LogP contribution in [0.3, 0.4) is 0 Å². The molecule has 2 aromatic heterocycles. The SMILES string of the molecule is CC1(C)c2ccccc2-c2ccc3c(c21)c1ccccc1n3-c1cc(-c2ccccc2)nc(-c2ccccc2)n1. The Labute approximate surface area is 233 Å². The highest BCUT2D eigenvalue weighted by Gasteiger charge is 2.38. The molecular weight excluding hydrogens is 486 g/mol. The van der Waals surface area contributed by atoms with Crippen LogP contribution in [-0.4, -0.2) is 14.5 Å². The van der Waals surface area contributed by atoms with Gasteiger partial charge in [-0.1, -0.05) is 123 Å². The zero-order valence-electron chi connectivity index (χ0n) is 22.5. The Balaban J connectivity index is 1.47. The Bertz CT molecular complexity index is 2010. The van der Waals surface area contributed by atoms with Crippen LogP contribution < -0.4 is 0 Å². The van der Waals surface area contributed by atoms with Crippen molar-refractivity contribution in [2.24, 2.45) is 0 Å². The fourth-order valence-corrected chi connectivity index (χ4v) is 6.60. The molecule has 0 aliphatic heterocycles. The molecule has 3 heteroatoms. The lowest BCUT2D eigenvalue weighted by Gasteiger charge is -2.22. The lowest BCUT2D eigenvalue weighted by atomic mass is 9.80. The highest BCUT2D eigenvalue weighted by molar-refractivity contribution is 6.14. The van der Waals surface area contributed by atoms with Crippen LogP contribution in [0.4, 0.5) is 0 Å². The zero-order chi connectivity index (χ0) is 26.8. The first kappa shape index (κ1) is 22.9. The van der Waals surface area contributed by atoms with Gasteiger partial charge in [-0.15, -0.1) is 0 Å². The third-order valence-corrected chi connectivity index (χ3v) is 8.40. The second-order valence-corrected chi connectivity index (χ2v) is 11.1. The molecule has 0 spiro atoms. The van der Waals surface area contributed by atoms with E-state index in [2.05, 4.69) is 122 Å². The second kappa shape index (κ2) is 8.49. The van der Waals surface area contributed by atoms with Crippen molar-refractivity contribution in [2.75, 3.05) is 0 Å². The maximum atomic E-state index is 5.19. The quantitative estimate of drug-likeness (QED) is 0.236. The molecule has 0 fully saturated rings. The molecule has 0 unspecified atom stereocenters. The lowest BCUT2D eigenvalue weighted by molar-refractivity contribution is 0.666. The molecule has 5 aromatic carbocycles. The van der Waals surface area contributed by atoms with Gasteiger partial charge in [-0.3, -0.25) is 4.57 Å². The standard InChI is InChI=1S/C37H27N3/c1-37(2)29-19-11-9-17-26(29)27-21-22-32-34(35(27)37)28-18-10-12-20-31(28)40(32)33-23-30(24-13-5-3-6-14-24)38-36(39-33)25-15-7-4-8-16-25/h3-23H,1-2H3. The molecule has 1 aliphatic carbocycles. The van der Waals surface area contributed by atoms with Gasteiger partial charge < -0.3 is 0 Å². The van der Waals surface area contributed by atoms with E-state index in [1.807, 2.05) is 24.3 Å². The number of fused-ring (bicyclic) bond motifs is 7. The molecule has 7 aromatic rings. The van der Waals surface area contributed by atoms with Gasteiger partial charge in [-0.25, -0.2) is 9.97 Å². The lowest BCUT2D eigenvalue weighted by Crippen LogP contribution is -2.15. The van der Waals surface area contributed by atoms with Crippen LogP contribution >= 0.6 is 0 Å². The molecule has 0 atom stereocenters. The zero-order valence-corrected chi connectivity index (χ0v) is 22.5. The summed E-state index contributed by atoms with van der Waals surface area (Å²) in [6.07, 6.45) is 0. The van der Waals surface area contributed by atoms with Crippen LogP contribution in [0.25, 0.3) is 61.4 Å². The predicted molar refractivity (Wildman–Crippen MR) is 165 cm³/mol. The number of nitrogens with zero attached hydrogens (tertiary/aromatic N) is 3. The van der Waals surface area contributed by atoms with E-state index in [1.54, 1.807) is 0 Å². The molecule has 2 heterocycles. The highest BCUT2D eigenvalue weighted by atomic mass is 15.1. The molecule has 8 rings (SSSR count). The van der Waals surface area contributed by atoms with Gasteiger partial charge in [0, 0.05) is 33.4 Å². The summed E-state index contributed by atoms with van der Waals surface area (Å²) < 4.78 is 2.32. The van der Waals surface area contributed by atoms with Crippen LogP contribution in [-0.2, 0) is 5.41 Å². The van der Waals surface area contributed by atoms with Gasteiger partial charge in [0.2, 0.25) is 0 Å². The number of hydrogen-bond acceptors (Lipinski definition) is 2. The Kier molecular flexibility index (Phi) is 4.86. The van der Waals surface area contributed by atoms with Crippen molar-refractivity contribution in [3.8, 4) is 39.6 Å². The van der Waals surface area contributed by atoms with Crippen LogP contribution in [0.1, 0.15) is 25.0 Å². The van der Waals surface area contributed by atoms with Gasteiger partial charge in [-0.2, -0.15) is 0 Å². The highest BCUT2D eigenvalue weighted by Crippen LogP contribution is 2.53. The largest absolute Gasteiger partial charge is 0.294 e.